The maximum atomic E-state index is 9.14. The molecule has 2 rings (SSSR count). The summed E-state index contributed by atoms with van der Waals surface area (Å²) < 4.78 is 11.3. The van der Waals surface area contributed by atoms with Crippen molar-refractivity contribution in [1.82, 2.24) is 4.98 Å². The summed E-state index contributed by atoms with van der Waals surface area (Å²) in [6, 6.07) is 5.57. The molecule has 0 aliphatic carbocycles. The number of aliphatic hydroxyl groups excluding tert-OH is 1. The van der Waals surface area contributed by atoms with Crippen molar-refractivity contribution in [2.45, 2.75) is 6.61 Å². The lowest BCUT2D eigenvalue weighted by atomic mass is 10.2. The molecule has 0 aliphatic heterocycles. The maximum Gasteiger partial charge on any atom is 0.125 e. The van der Waals surface area contributed by atoms with Crippen LogP contribution in [0.15, 0.2) is 22.0 Å². The Morgan fingerprint density at radius 3 is 2.28 bits per heavy atom. The Bertz CT molecular complexity index is 534. The molecular weight excluding hydrogens is 318 g/mol. The van der Waals surface area contributed by atoms with E-state index in [1.807, 2.05) is 12.1 Å². The summed E-state index contributed by atoms with van der Waals surface area (Å²) in [5.74, 6) is 1.42. The molecule has 96 valence electrons. The molecule has 1 heterocycles. The van der Waals surface area contributed by atoms with Crippen molar-refractivity contribution in [3.63, 3.8) is 0 Å². The highest BCUT2D eigenvalue weighted by Crippen LogP contribution is 2.35. The van der Waals surface area contributed by atoms with E-state index in [4.69, 9.17) is 14.6 Å². The van der Waals surface area contributed by atoms with Crippen LogP contribution in [0.5, 0.6) is 11.5 Å². The van der Waals surface area contributed by atoms with Gasteiger partial charge in [-0.05, 0) is 28.1 Å². The zero-order valence-electron chi connectivity index (χ0n) is 9.94. The van der Waals surface area contributed by atoms with Gasteiger partial charge in [0.1, 0.15) is 16.5 Å². The van der Waals surface area contributed by atoms with Crippen LogP contribution in [0.4, 0.5) is 0 Å². The van der Waals surface area contributed by atoms with Crippen LogP contribution in [-0.2, 0) is 6.61 Å². The standard InChI is InChI=1S/C12H12BrNO3S/c1-16-8-3-7(4-9(5-8)17-2)12-14-10(6-15)11(13)18-12/h3-5,15H,6H2,1-2H3. The molecule has 18 heavy (non-hydrogen) atoms. The minimum atomic E-state index is -0.0851. The summed E-state index contributed by atoms with van der Waals surface area (Å²) >= 11 is 4.84. The molecule has 1 aromatic heterocycles. The predicted molar refractivity (Wildman–Crippen MR) is 74.3 cm³/mol. The molecule has 6 heteroatoms. The number of hydrogen-bond donors (Lipinski definition) is 1. The highest BCUT2D eigenvalue weighted by molar-refractivity contribution is 9.11. The second kappa shape index (κ2) is 5.69. The molecular formula is C12H12BrNO3S. The fraction of sp³-hybridized carbons (Fsp3) is 0.250. The Hall–Kier alpha value is -1.11. The summed E-state index contributed by atoms with van der Waals surface area (Å²) in [4.78, 5) is 4.36. The summed E-state index contributed by atoms with van der Waals surface area (Å²) in [7, 11) is 3.21. The molecule has 0 fully saturated rings. The van der Waals surface area contributed by atoms with E-state index in [9.17, 15) is 0 Å². The number of rotatable bonds is 4. The smallest absolute Gasteiger partial charge is 0.125 e. The first-order valence-electron chi connectivity index (χ1n) is 5.17. The first-order chi connectivity index (χ1) is 8.67. The average molecular weight is 330 g/mol. The fourth-order valence-corrected chi connectivity index (χ4v) is 2.95. The van der Waals surface area contributed by atoms with E-state index in [-0.39, 0.29) is 6.61 Å². The number of benzene rings is 1. The van der Waals surface area contributed by atoms with Gasteiger partial charge in [0.05, 0.1) is 30.3 Å². The summed E-state index contributed by atoms with van der Waals surface area (Å²) in [6.07, 6.45) is 0. The van der Waals surface area contributed by atoms with Crippen LogP contribution in [-0.4, -0.2) is 24.3 Å². The van der Waals surface area contributed by atoms with Crippen molar-refractivity contribution in [3.8, 4) is 22.1 Å². The van der Waals surface area contributed by atoms with Crippen molar-refractivity contribution in [2.24, 2.45) is 0 Å². The van der Waals surface area contributed by atoms with Crippen LogP contribution in [0, 0.1) is 0 Å². The number of ether oxygens (including phenoxy) is 2. The van der Waals surface area contributed by atoms with Crippen molar-refractivity contribution < 1.29 is 14.6 Å². The van der Waals surface area contributed by atoms with Gasteiger partial charge in [0.25, 0.3) is 0 Å². The van der Waals surface area contributed by atoms with Gasteiger partial charge in [0, 0.05) is 11.6 Å². The molecule has 0 bridgehead atoms. The summed E-state index contributed by atoms with van der Waals surface area (Å²) in [5.41, 5.74) is 1.54. The van der Waals surface area contributed by atoms with E-state index in [0.717, 1.165) is 14.4 Å². The van der Waals surface area contributed by atoms with Crippen LogP contribution in [0.1, 0.15) is 5.69 Å². The van der Waals surface area contributed by atoms with Crippen molar-refractivity contribution in [1.29, 1.82) is 0 Å². The zero-order valence-corrected chi connectivity index (χ0v) is 12.3. The number of nitrogens with zero attached hydrogens (tertiary/aromatic N) is 1. The van der Waals surface area contributed by atoms with E-state index in [1.165, 1.54) is 11.3 Å². The van der Waals surface area contributed by atoms with Crippen molar-refractivity contribution in [3.05, 3.63) is 27.7 Å². The highest BCUT2D eigenvalue weighted by atomic mass is 79.9. The maximum absolute atomic E-state index is 9.14. The molecule has 4 nitrogen and oxygen atoms in total. The van der Waals surface area contributed by atoms with Gasteiger partial charge in [-0.2, -0.15) is 0 Å². The first kappa shape index (κ1) is 13.3. The second-order valence-corrected chi connectivity index (χ2v) is 5.82. The largest absolute Gasteiger partial charge is 0.497 e. The Morgan fingerprint density at radius 2 is 1.83 bits per heavy atom. The molecule has 0 aliphatic rings. The molecule has 2 aromatic rings. The molecule has 0 radical (unpaired) electrons. The average Bonchev–Trinajstić information content (AvgIpc) is 2.79. The van der Waals surface area contributed by atoms with Gasteiger partial charge < -0.3 is 14.6 Å². The number of thiazole rings is 1. The molecule has 0 atom stereocenters. The van der Waals surface area contributed by atoms with Gasteiger partial charge in [0.15, 0.2) is 0 Å². The zero-order chi connectivity index (χ0) is 13.1. The van der Waals surface area contributed by atoms with Gasteiger partial charge >= 0.3 is 0 Å². The molecule has 0 spiro atoms. The topological polar surface area (TPSA) is 51.6 Å². The minimum Gasteiger partial charge on any atom is -0.497 e. The van der Waals surface area contributed by atoms with Crippen LogP contribution >= 0.6 is 27.3 Å². The van der Waals surface area contributed by atoms with Gasteiger partial charge in [0.2, 0.25) is 0 Å². The molecule has 0 unspecified atom stereocenters. The van der Waals surface area contributed by atoms with E-state index >= 15 is 0 Å². The lowest BCUT2D eigenvalue weighted by molar-refractivity contribution is 0.277. The fourth-order valence-electron chi connectivity index (χ4n) is 1.49. The van der Waals surface area contributed by atoms with Gasteiger partial charge in [-0.25, -0.2) is 4.98 Å². The number of aliphatic hydroxyl groups is 1. The van der Waals surface area contributed by atoms with Gasteiger partial charge in [-0.1, -0.05) is 0 Å². The molecule has 0 saturated heterocycles. The number of aromatic nitrogens is 1. The van der Waals surface area contributed by atoms with Gasteiger partial charge in [-0.3, -0.25) is 0 Å². The van der Waals surface area contributed by atoms with Crippen molar-refractivity contribution >= 4 is 27.3 Å². The third-order valence-electron chi connectivity index (χ3n) is 2.40. The molecule has 0 saturated carbocycles. The minimum absolute atomic E-state index is 0.0851. The Kier molecular flexibility index (Phi) is 4.21. The summed E-state index contributed by atoms with van der Waals surface area (Å²) in [5, 5.41) is 9.95. The van der Waals surface area contributed by atoms with Crippen molar-refractivity contribution in [2.75, 3.05) is 14.2 Å². The van der Waals surface area contributed by atoms with Crippen LogP contribution in [0.2, 0.25) is 0 Å². The van der Waals surface area contributed by atoms with Crippen LogP contribution in [0.25, 0.3) is 10.6 Å². The van der Waals surface area contributed by atoms with E-state index in [1.54, 1.807) is 20.3 Å². The van der Waals surface area contributed by atoms with E-state index in [2.05, 4.69) is 20.9 Å². The quantitative estimate of drug-likeness (QED) is 0.936. The number of methoxy groups -OCH3 is 2. The van der Waals surface area contributed by atoms with Crippen LogP contribution < -0.4 is 9.47 Å². The van der Waals surface area contributed by atoms with Crippen LogP contribution in [0.3, 0.4) is 0 Å². The lowest BCUT2D eigenvalue weighted by Gasteiger charge is -2.06. The molecule has 1 N–H and O–H groups in total. The second-order valence-electron chi connectivity index (χ2n) is 3.50. The lowest BCUT2D eigenvalue weighted by Crippen LogP contribution is -1.89. The van der Waals surface area contributed by atoms with E-state index in [0.29, 0.717) is 17.2 Å². The summed E-state index contributed by atoms with van der Waals surface area (Å²) in [6.45, 7) is -0.0851. The third kappa shape index (κ3) is 2.66. The van der Waals surface area contributed by atoms with Gasteiger partial charge in [-0.15, -0.1) is 11.3 Å². The Labute approximate surface area is 117 Å². The monoisotopic (exact) mass is 329 g/mol. The predicted octanol–water partition coefficient (Wildman–Crippen LogP) is 3.08. The number of hydrogen-bond acceptors (Lipinski definition) is 5. The van der Waals surface area contributed by atoms with E-state index < -0.39 is 0 Å². The Balaban J connectivity index is 2.48. The first-order valence-corrected chi connectivity index (χ1v) is 6.78. The Morgan fingerprint density at radius 1 is 1.22 bits per heavy atom. The number of halogens is 1. The molecule has 0 amide bonds. The highest BCUT2D eigenvalue weighted by Gasteiger charge is 2.12. The third-order valence-corrected chi connectivity index (χ3v) is 4.28. The molecule has 1 aromatic carbocycles. The normalized spacial score (nSPS) is 10.4. The SMILES string of the molecule is COc1cc(OC)cc(-c2nc(CO)c(Br)s2)c1.